The van der Waals surface area contributed by atoms with E-state index in [1.165, 1.54) is 0 Å². The van der Waals surface area contributed by atoms with Crippen LogP contribution in [0.15, 0.2) is 61.7 Å². The summed E-state index contributed by atoms with van der Waals surface area (Å²) in [4.78, 5) is 23.6. The van der Waals surface area contributed by atoms with Gasteiger partial charge in [-0.2, -0.15) is 0 Å². The fourth-order valence-corrected chi connectivity index (χ4v) is 3.79. The summed E-state index contributed by atoms with van der Waals surface area (Å²) in [6.45, 7) is 15.2. The van der Waals surface area contributed by atoms with Crippen LogP contribution >= 0.6 is 0 Å². The van der Waals surface area contributed by atoms with E-state index in [-0.39, 0.29) is 51.1 Å². The van der Waals surface area contributed by atoms with Crippen LogP contribution in [-0.4, -0.2) is 74.0 Å². The molecule has 10 heteroatoms. The Morgan fingerprint density at radius 3 is 1.49 bits per heavy atom. The van der Waals surface area contributed by atoms with Gasteiger partial charge in [-0.3, -0.25) is 0 Å². The molecule has 2 unspecified atom stereocenters. The van der Waals surface area contributed by atoms with Crippen molar-refractivity contribution >= 4 is 11.9 Å². The molecule has 0 aliphatic heterocycles. The van der Waals surface area contributed by atoms with Crippen LogP contribution in [-0.2, 0) is 24.5 Å². The molecular formula is C31H40O10. The lowest BCUT2D eigenvalue weighted by molar-refractivity contribution is -0.129. The number of benzene rings is 2. The third kappa shape index (κ3) is 11.0. The number of ether oxygens (including phenoxy) is 6. The number of rotatable bonds is 18. The predicted octanol–water partition coefficient (Wildman–Crippen LogP) is 3.75. The van der Waals surface area contributed by atoms with Crippen LogP contribution in [0, 0.1) is 0 Å². The number of carbonyl (C=O) groups is 2. The Morgan fingerprint density at radius 1 is 0.756 bits per heavy atom. The SMILES string of the molecule is C=CC(=O)Oc1ccc(C(C)(C)c2ccc(OC(=O)C=C)cc2OCCOCC(C)O)c(OCCOCC(C)O)c1. The van der Waals surface area contributed by atoms with Crippen molar-refractivity contribution in [2.45, 2.75) is 45.3 Å². The maximum Gasteiger partial charge on any atom is 0.335 e. The summed E-state index contributed by atoms with van der Waals surface area (Å²) < 4.78 is 33.6. The molecule has 0 radical (unpaired) electrons. The number of carbonyl (C=O) groups excluding carboxylic acids is 2. The van der Waals surface area contributed by atoms with Crippen LogP contribution in [0.25, 0.3) is 0 Å². The van der Waals surface area contributed by atoms with Gasteiger partial charge in [0.1, 0.15) is 36.2 Å². The molecule has 0 bridgehead atoms. The first-order valence-electron chi connectivity index (χ1n) is 13.2. The minimum Gasteiger partial charge on any atom is -0.491 e. The molecule has 2 rings (SSSR count). The van der Waals surface area contributed by atoms with Crippen LogP contribution in [0.4, 0.5) is 0 Å². The lowest BCUT2D eigenvalue weighted by atomic mass is 9.77. The highest BCUT2D eigenvalue weighted by Gasteiger charge is 2.31. The van der Waals surface area contributed by atoms with Gasteiger partial charge in [0.15, 0.2) is 0 Å². The molecule has 2 aromatic rings. The van der Waals surface area contributed by atoms with Crippen molar-refractivity contribution in [3.63, 3.8) is 0 Å². The van der Waals surface area contributed by atoms with Gasteiger partial charge < -0.3 is 38.6 Å². The fraction of sp³-hybridized carbons (Fsp3) is 0.419. The number of hydrogen-bond donors (Lipinski definition) is 2. The summed E-state index contributed by atoms with van der Waals surface area (Å²) in [6, 6.07) is 10.1. The van der Waals surface area contributed by atoms with Gasteiger partial charge >= 0.3 is 11.9 Å². The van der Waals surface area contributed by atoms with Crippen LogP contribution in [0.3, 0.4) is 0 Å². The molecule has 0 fully saturated rings. The van der Waals surface area contributed by atoms with Crippen LogP contribution < -0.4 is 18.9 Å². The zero-order valence-corrected chi connectivity index (χ0v) is 24.1. The fourth-order valence-electron chi connectivity index (χ4n) is 3.79. The van der Waals surface area contributed by atoms with E-state index in [4.69, 9.17) is 28.4 Å². The lowest BCUT2D eigenvalue weighted by Gasteiger charge is -2.30. The van der Waals surface area contributed by atoms with Gasteiger partial charge in [0.2, 0.25) is 0 Å². The van der Waals surface area contributed by atoms with E-state index in [2.05, 4.69) is 13.2 Å². The highest BCUT2D eigenvalue weighted by atomic mass is 16.5. The molecule has 0 aliphatic carbocycles. The number of aliphatic hydroxyl groups is 2. The molecule has 0 aliphatic rings. The third-order valence-electron chi connectivity index (χ3n) is 5.71. The van der Waals surface area contributed by atoms with E-state index >= 15 is 0 Å². The van der Waals surface area contributed by atoms with Crippen molar-refractivity contribution in [2.75, 3.05) is 39.6 Å². The van der Waals surface area contributed by atoms with E-state index < -0.39 is 29.6 Å². The molecule has 0 saturated carbocycles. The first-order chi connectivity index (χ1) is 19.5. The monoisotopic (exact) mass is 572 g/mol. The highest BCUT2D eigenvalue weighted by molar-refractivity contribution is 5.84. The summed E-state index contributed by atoms with van der Waals surface area (Å²) >= 11 is 0. The second kappa shape index (κ2) is 16.5. The van der Waals surface area contributed by atoms with Gasteiger partial charge in [0.05, 0.1) is 38.6 Å². The summed E-state index contributed by atoms with van der Waals surface area (Å²) in [5.41, 5.74) is 0.767. The van der Waals surface area contributed by atoms with Crippen LogP contribution in [0.5, 0.6) is 23.0 Å². The highest BCUT2D eigenvalue weighted by Crippen LogP contribution is 2.43. The van der Waals surface area contributed by atoms with E-state index in [9.17, 15) is 19.8 Å². The van der Waals surface area contributed by atoms with Crippen molar-refractivity contribution in [1.82, 2.24) is 0 Å². The molecule has 2 aromatic carbocycles. The van der Waals surface area contributed by atoms with Crippen LogP contribution in [0.2, 0.25) is 0 Å². The van der Waals surface area contributed by atoms with E-state index in [1.807, 2.05) is 13.8 Å². The summed E-state index contributed by atoms with van der Waals surface area (Å²) in [5.74, 6) is 0.208. The van der Waals surface area contributed by atoms with Gasteiger partial charge in [0.25, 0.3) is 0 Å². The molecule has 2 atom stereocenters. The van der Waals surface area contributed by atoms with Crippen molar-refractivity contribution in [3.8, 4) is 23.0 Å². The van der Waals surface area contributed by atoms with Crippen molar-refractivity contribution in [2.24, 2.45) is 0 Å². The van der Waals surface area contributed by atoms with E-state index in [0.29, 0.717) is 11.5 Å². The van der Waals surface area contributed by atoms with Crippen molar-refractivity contribution in [1.29, 1.82) is 0 Å². The van der Waals surface area contributed by atoms with Gasteiger partial charge in [0, 0.05) is 40.8 Å². The number of aliphatic hydroxyl groups excluding tert-OH is 2. The standard InChI is InChI=1S/C31H40O10/c1-7-29(34)40-23-9-11-25(27(17-23)38-15-13-36-19-21(3)32)31(5,6)26-12-10-24(41-30(35)8-2)18-28(26)39-16-14-37-20-22(4)33/h7-12,17-18,21-22,32-33H,1-2,13-16,19-20H2,3-6H3. The maximum atomic E-state index is 11.8. The molecule has 2 N–H and O–H groups in total. The molecule has 0 heterocycles. The van der Waals surface area contributed by atoms with Crippen LogP contribution in [0.1, 0.15) is 38.8 Å². The molecule has 0 amide bonds. The topological polar surface area (TPSA) is 130 Å². The Hall–Kier alpha value is -3.70. The average molecular weight is 573 g/mol. The summed E-state index contributed by atoms with van der Waals surface area (Å²) in [7, 11) is 0. The first-order valence-corrected chi connectivity index (χ1v) is 13.2. The predicted molar refractivity (Wildman–Crippen MR) is 153 cm³/mol. The van der Waals surface area contributed by atoms with Crippen molar-refractivity contribution < 1.29 is 48.2 Å². The van der Waals surface area contributed by atoms with E-state index in [1.54, 1.807) is 50.2 Å². The Morgan fingerprint density at radius 2 is 1.15 bits per heavy atom. The summed E-state index contributed by atoms with van der Waals surface area (Å²) in [5, 5.41) is 18.9. The zero-order valence-electron chi connectivity index (χ0n) is 24.1. The molecule has 0 spiro atoms. The zero-order chi connectivity index (χ0) is 30.4. The van der Waals surface area contributed by atoms with E-state index in [0.717, 1.165) is 23.3 Å². The number of hydrogen-bond acceptors (Lipinski definition) is 10. The third-order valence-corrected chi connectivity index (χ3v) is 5.71. The first kappa shape index (κ1) is 33.5. The largest absolute Gasteiger partial charge is 0.491 e. The lowest BCUT2D eigenvalue weighted by Crippen LogP contribution is -2.23. The molecular weight excluding hydrogens is 532 g/mol. The molecule has 10 nitrogen and oxygen atoms in total. The second-order valence-corrected chi connectivity index (χ2v) is 9.74. The Balaban J connectivity index is 2.44. The average Bonchev–Trinajstić information content (AvgIpc) is 2.92. The van der Waals surface area contributed by atoms with Crippen molar-refractivity contribution in [3.05, 3.63) is 72.8 Å². The Kier molecular flexibility index (Phi) is 13.5. The molecule has 224 valence electrons. The quantitative estimate of drug-likeness (QED) is 0.118. The van der Waals surface area contributed by atoms with Gasteiger partial charge in [-0.05, 0) is 26.0 Å². The molecule has 0 aromatic heterocycles. The van der Waals surface area contributed by atoms with Gasteiger partial charge in [-0.15, -0.1) is 0 Å². The Labute approximate surface area is 241 Å². The Bertz CT molecular complexity index is 1080. The van der Waals surface area contributed by atoms with Gasteiger partial charge in [-0.1, -0.05) is 39.1 Å². The van der Waals surface area contributed by atoms with Gasteiger partial charge in [-0.25, -0.2) is 9.59 Å². The minimum absolute atomic E-state index is 0.170. The smallest absolute Gasteiger partial charge is 0.335 e. The molecule has 41 heavy (non-hydrogen) atoms. The minimum atomic E-state index is -0.729. The molecule has 0 saturated heterocycles. The number of esters is 2. The normalized spacial score (nSPS) is 12.6. The maximum absolute atomic E-state index is 11.8. The summed E-state index contributed by atoms with van der Waals surface area (Å²) in [6.07, 6.45) is 0.932. The second-order valence-electron chi connectivity index (χ2n) is 9.74.